The van der Waals surface area contributed by atoms with Crippen LogP contribution in [-0.4, -0.2) is 54.1 Å². The van der Waals surface area contributed by atoms with Crippen molar-refractivity contribution in [3.8, 4) is 11.5 Å². The topological polar surface area (TPSA) is 62.2 Å². The molecule has 1 aromatic rings. The number of ether oxygens (including phenoxy) is 2. The third-order valence-corrected chi connectivity index (χ3v) is 5.18. The summed E-state index contributed by atoms with van der Waals surface area (Å²) in [7, 11) is 3.63. The Balaban J connectivity index is 1.99. The van der Waals surface area contributed by atoms with Crippen molar-refractivity contribution >= 4 is 0 Å². The van der Waals surface area contributed by atoms with Gasteiger partial charge in [0.25, 0.3) is 0 Å². The fraction of sp³-hybridized carbons (Fsp3) is 0.529. The van der Waals surface area contributed by atoms with Crippen molar-refractivity contribution in [3.63, 3.8) is 0 Å². The molecule has 2 aliphatic heterocycles. The molecule has 0 fully saturated rings. The molecule has 1 aliphatic carbocycles. The summed E-state index contributed by atoms with van der Waals surface area (Å²) in [6.07, 6.45) is 2.83. The molecule has 2 N–H and O–H groups in total. The maximum atomic E-state index is 10.9. The number of β-amino-alcohol motifs (C(OH)–C–C–N with tert-alkyl or cyclic N) is 1. The van der Waals surface area contributed by atoms with Gasteiger partial charge in [-0.25, -0.2) is 0 Å². The highest BCUT2D eigenvalue weighted by Crippen LogP contribution is 2.55. The van der Waals surface area contributed by atoms with Gasteiger partial charge in [-0.05, 0) is 18.7 Å². The SMILES string of the molecule is COc1ccc2c3c1O[C@H]1C[C@@H](O)C=C[C@@]31[C@@H](O)CN(C)C2. The first-order valence-electron chi connectivity index (χ1n) is 7.67. The van der Waals surface area contributed by atoms with Crippen LogP contribution in [0.15, 0.2) is 24.3 Å². The lowest BCUT2D eigenvalue weighted by atomic mass is 9.67. The largest absolute Gasteiger partial charge is 0.493 e. The average Bonchev–Trinajstić information content (AvgIpc) is 2.77. The summed E-state index contributed by atoms with van der Waals surface area (Å²) in [4.78, 5) is 2.12. The molecule has 4 atom stereocenters. The highest BCUT2D eigenvalue weighted by atomic mass is 16.5. The molecule has 2 heterocycles. The van der Waals surface area contributed by atoms with Crippen molar-refractivity contribution in [2.45, 2.75) is 36.7 Å². The average molecular weight is 303 g/mol. The van der Waals surface area contributed by atoms with E-state index in [1.165, 1.54) is 0 Å². The molecule has 0 saturated heterocycles. The van der Waals surface area contributed by atoms with Crippen LogP contribution in [0.25, 0.3) is 0 Å². The lowest BCUT2D eigenvalue weighted by Crippen LogP contribution is -2.52. The van der Waals surface area contributed by atoms with Gasteiger partial charge >= 0.3 is 0 Å². The first-order chi connectivity index (χ1) is 10.6. The lowest BCUT2D eigenvalue weighted by Gasteiger charge is -2.39. The van der Waals surface area contributed by atoms with E-state index in [9.17, 15) is 10.2 Å². The first-order valence-corrected chi connectivity index (χ1v) is 7.67. The smallest absolute Gasteiger partial charge is 0.166 e. The molecule has 0 bridgehead atoms. The predicted octanol–water partition coefficient (Wildman–Crippen LogP) is 0.821. The maximum Gasteiger partial charge on any atom is 0.166 e. The van der Waals surface area contributed by atoms with E-state index in [1.807, 2.05) is 19.2 Å². The zero-order chi connectivity index (χ0) is 15.5. The molecular weight excluding hydrogens is 282 g/mol. The summed E-state index contributed by atoms with van der Waals surface area (Å²) < 4.78 is 11.6. The summed E-state index contributed by atoms with van der Waals surface area (Å²) >= 11 is 0. The van der Waals surface area contributed by atoms with Crippen LogP contribution in [0.1, 0.15) is 17.5 Å². The fourth-order valence-corrected chi connectivity index (χ4v) is 4.19. The maximum absolute atomic E-state index is 10.9. The van der Waals surface area contributed by atoms with Crippen LogP contribution >= 0.6 is 0 Å². The number of likely N-dealkylation sites (N-methyl/N-ethyl adjacent to an activating group) is 1. The van der Waals surface area contributed by atoms with Gasteiger partial charge in [0, 0.05) is 25.1 Å². The second-order valence-electron chi connectivity index (χ2n) is 6.55. The second kappa shape index (κ2) is 4.72. The molecular formula is C17H21NO4. The summed E-state index contributed by atoms with van der Waals surface area (Å²) in [6, 6.07) is 3.98. The van der Waals surface area contributed by atoms with Crippen LogP contribution in [0.4, 0.5) is 0 Å². The van der Waals surface area contributed by atoms with Gasteiger partial charge in [-0.1, -0.05) is 18.2 Å². The second-order valence-corrected chi connectivity index (χ2v) is 6.55. The van der Waals surface area contributed by atoms with Crippen LogP contribution in [-0.2, 0) is 12.0 Å². The lowest BCUT2D eigenvalue weighted by molar-refractivity contribution is 0.00643. The Morgan fingerprint density at radius 1 is 1.36 bits per heavy atom. The first kappa shape index (κ1) is 14.1. The summed E-state index contributed by atoms with van der Waals surface area (Å²) in [5, 5.41) is 20.9. The van der Waals surface area contributed by atoms with Gasteiger partial charge in [-0.15, -0.1) is 0 Å². The van der Waals surface area contributed by atoms with Crippen LogP contribution in [0.3, 0.4) is 0 Å². The Hall–Kier alpha value is -1.56. The van der Waals surface area contributed by atoms with Crippen molar-refractivity contribution in [3.05, 3.63) is 35.4 Å². The van der Waals surface area contributed by atoms with E-state index >= 15 is 0 Å². The third-order valence-electron chi connectivity index (χ3n) is 5.18. The van der Waals surface area contributed by atoms with Crippen molar-refractivity contribution in [1.82, 2.24) is 4.90 Å². The number of benzene rings is 1. The Bertz CT molecular complexity index is 644. The Morgan fingerprint density at radius 3 is 2.95 bits per heavy atom. The molecule has 1 aromatic carbocycles. The number of aliphatic hydroxyl groups excluding tert-OH is 2. The Morgan fingerprint density at radius 2 is 2.18 bits per heavy atom. The molecule has 0 saturated carbocycles. The van der Waals surface area contributed by atoms with Crippen LogP contribution in [0.2, 0.25) is 0 Å². The van der Waals surface area contributed by atoms with Gasteiger partial charge in [-0.2, -0.15) is 0 Å². The zero-order valence-corrected chi connectivity index (χ0v) is 12.8. The zero-order valence-electron chi connectivity index (χ0n) is 12.8. The fourth-order valence-electron chi connectivity index (χ4n) is 4.19. The number of aliphatic hydroxyl groups is 2. The molecule has 0 radical (unpaired) electrons. The Labute approximate surface area is 129 Å². The quantitative estimate of drug-likeness (QED) is 0.752. The normalized spacial score (nSPS) is 36.3. The highest BCUT2D eigenvalue weighted by Gasteiger charge is 2.57. The number of rotatable bonds is 1. The van der Waals surface area contributed by atoms with Gasteiger partial charge < -0.3 is 19.7 Å². The minimum Gasteiger partial charge on any atom is -0.493 e. The predicted molar refractivity (Wildman–Crippen MR) is 81.2 cm³/mol. The van der Waals surface area contributed by atoms with E-state index in [0.717, 1.165) is 23.4 Å². The molecule has 0 amide bonds. The monoisotopic (exact) mass is 303 g/mol. The van der Waals surface area contributed by atoms with Crippen molar-refractivity contribution in [1.29, 1.82) is 0 Å². The van der Waals surface area contributed by atoms with Crippen LogP contribution < -0.4 is 9.47 Å². The molecule has 5 nitrogen and oxygen atoms in total. The summed E-state index contributed by atoms with van der Waals surface area (Å²) in [5.74, 6) is 1.41. The van der Waals surface area contributed by atoms with E-state index in [-0.39, 0.29) is 6.10 Å². The number of hydrogen-bond donors (Lipinski definition) is 2. The molecule has 3 aliphatic rings. The third kappa shape index (κ3) is 1.70. The molecule has 1 spiro atoms. The van der Waals surface area contributed by atoms with E-state index in [0.29, 0.717) is 18.7 Å². The van der Waals surface area contributed by atoms with Gasteiger partial charge in [0.1, 0.15) is 6.10 Å². The molecule has 118 valence electrons. The van der Waals surface area contributed by atoms with Crippen LogP contribution in [0, 0.1) is 0 Å². The molecule has 4 rings (SSSR count). The summed E-state index contributed by atoms with van der Waals surface area (Å²) in [5.41, 5.74) is 1.58. The van der Waals surface area contributed by atoms with Gasteiger partial charge in [0.15, 0.2) is 11.5 Å². The van der Waals surface area contributed by atoms with E-state index < -0.39 is 17.6 Å². The minimum absolute atomic E-state index is 0.265. The van der Waals surface area contributed by atoms with E-state index in [4.69, 9.17) is 9.47 Å². The van der Waals surface area contributed by atoms with Gasteiger partial charge in [0.05, 0.1) is 24.7 Å². The van der Waals surface area contributed by atoms with Crippen molar-refractivity contribution in [2.75, 3.05) is 20.7 Å². The number of nitrogens with zero attached hydrogens (tertiary/aromatic N) is 1. The molecule has 5 heteroatoms. The Kier molecular flexibility index (Phi) is 3.01. The summed E-state index contributed by atoms with van der Waals surface area (Å²) in [6.45, 7) is 1.33. The molecule has 0 unspecified atom stereocenters. The van der Waals surface area contributed by atoms with Crippen molar-refractivity contribution < 1.29 is 19.7 Å². The molecule has 22 heavy (non-hydrogen) atoms. The molecule has 0 aromatic heterocycles. The van der Waals surface area contributed by atoms with Crippen LogP contribution in [0.5, 0.6) is 11.5 Å². The van der Waals surface area contributed by atoms with Gasteiger partial charge in [0.2, 0.25) is 0 Å². The minimum atomic E-state index is -0.594. The standard InChI is InChI=1S/C17H21NO4/c1-18-8-10-3-4-12(21-2)16-15(10)17(13(20)9-18)6-5-11(19)7-14(17)22-16/h3-6,11,13-14,19-20H,7-9H2,1-2H3/t11-,13-,14-,17-/m0/s1. The number of methoxy groups -OCH3 is 1. The van der Waals surface area contributed by atoms with E-state index in [2.05, 4.69) is 11.0 Å². The van der Waals surface area contributed by atoms with E-state index in [1.54, 1.807) is 13.2 Å². The highest BCUT2D eigenvalue weighted by molar-refractivity contribution is 5.61. The number of hydrogen-bond acceptors (Lipinski definition) is 5. The van der Waals surface area contributed by atoms with Crippen molar-refractivity contribution in [2.24, 2.45) is 0 Å². The van der Waals surface area contributed by atoms with Gasteiger partial charge in [-0.3, -0.25) is 4.90 Å².